The lowest BCUT2D eigenvalue weighted by Crippen LogP contribution is -2.46. The number of hydrogen-bond donors (Lipinski definition) is 0. The average molecular weight is 291 g/mol. The van der Waals surface area contributed by atoms with Gasteiger partial charge < -0.3 is 9.47 Å². The van der Waals surface area contributed by atoms with E-state index in [1.165, 1.54) is 6.92 Å². The topological polar surface area (TPSA) is 76.2 Å². The largest absolute Gasteiger partial charge is 0.516 e. The van der Waals surface area contributed by atoms with Crippen LogP contribution in [-0.4, -0.2) is 56.6 Å². The van der Waals surface area contributed by atoms with E-state index in [0.29, 0.717) is 13.7 Å². The maximum Gasteiger partial charge on any atom is 0.516 e. The number of halogens is 3. The molecule has 2 unspecified atom stereocenters. The number of likely N-dealkylation sites (N-methyl/N-ethyl adjacent to an activating group) is 1. The van der Waals surface area contributed by atoms with E-state index < -0.39 is 27.5 Å². The molecule has 18 heavy (non-hydrogen) atoms. The molecule has 1 fully saturated rings. The van der Waals surface area contributed by atoms with Crippen LogP contribution in [0.4, 0.5) is 13.2 Å². The number of hydrogen-bond acceptors (Lipinski definition) is 5. The highest BCUT2D eigenvalue weighted by atomic mass is 32.2. The lowest BCUT2D eigenvalue weighted by atomic mass is 10.4. The molecule has 0 radical (unpaired) electrons. The molecule has 0 aromatic carbocycles. The zero-order valence-electron chi connectivity index (χ0n) is 9.60. The molecule has 1 saturated heterocycles. The molecule has 0 bridgehead atoms. The Bertz CT molecular complexity index is 417. The van der Waals surface area contributed by atoms with Crippen LogP contribution in [0.5, 0.6) is 0 Å². The number of carbonyl (C=O) groups excluding carboxylic acids is 1. The van der Waals surface area contributed by atoms with E-state index in [1.807, 2.05) is 0 Å². The molecule has 0 aliphatic carbocycles. The third-order valence-electron chi connectivity index (χ3n) is 2.25. The summed E-state index contributed by atoms with van der Waals surface area (Å²) in [4.78, 5) is 11.5. The smallest absolute Gasteiger partial charge is 0.371 e. The van der Waals surface area contributed by atoms with Gasteiger partial charge >= 0.3 is 15.5 Å². The van der Waals surface area contributed by atoms with Crippen LogP contribution in [0.25, 0.3) is 0 Å². The summed E-state index contributed by atoms with van der Waals surface area (Å²) in [5, 5.41) is 0. The van der Waals surface area contributed by atoms with Gasteiger partial charge in [0.25, 0.3) is 5.91 Å². The Balaban J connectivity index is 2.64. The van der Waals surface area contributed by atoms with E-state index >= 15 is 0 Å². The van der Waals surface area contributed by atoms with Crippen LogP contribution >= 0.6 is 0 Å². The Morgan fingerprint density at radius 3 is 2.44 bits per heavy atom. The van der Waals surface area contributed by atoms with Crippen molar-refractivity contribution < 1.29 is 35.9 Å². The summed E-state index contributed by atoms with van der Waals surface area (Å²) >= 11 is 0. The number of ether oxygens (including phenoxy) is 2. The highest BCUT2D eigenvalue weighted by Crippen LogP contribution is 2.26. The van der Waals surface area contributed by atoms with E-state index in [-0.39, 0.29) is 17.0 Å². The highest BCUT2D eigenvalue weighted by molar-refractivity contribution is 7.90. The molecule has 106 valence electrons. The Morgan fingerprint density at radius 1 is 1.56 bits per heavy atom. The summed E-state index contributed by atoms with van der Waals surface area (Å²) in [6.07, 6.45) is -1.47. The first-order valence-corrected chi connectivity index (χ1v) is 6.33. The molecule has 10 heteroatoms. The molecule has 1 rings (SSSR count). The molecule has 0 aromatic rings. The van der Waals surface area contributed by atoms with Gasteiger partial charge in [-0.05, 0) is 6.92 Å². The summed E-state index contributed by atoms with van der Waals surface area (Å²) in [5.41, 5.74) is -5.52. The molecule has 1 amide bonds. The van der Waals surface area contributed by atoms with E-state index in [4.69, 9.17) is 9.47 Å². The predicted octanol–water partition coefficient (Wildman–Crippen LogP) is 0.0983. The molecule has 1 heterocycles. The van der Waals surface area contributed by atoms with E-state index in [2.05, 4.69) is 0 Å². The van der Waals surface area contributed by atoms with Gasteiger partial charge in [-0.3, -0.25) is 4.79 Å². The van der Waals surface area contributed by atoms with Crippen LogP contribution in [0.1, 0.15) is 6.92 Å². The van der Waals surface area contributed by atoms with Crippen molar-refractivity contribution in [3.63, 3.8) is 0 Å². The summed E-state index contributed by atoms with van der Waals surface area (Å²) in [5.74, 6) is -1.28. The third kappa shape index (κ3) is 3.33. The van der Waals surface area contributed by atoms with E-state index in [1.54, 1.807) is 0 Å². The van der Waals surface area contributed by atoms with Gasteiger partial charge in [0, 0.05) is 7.05 Å². The number of amides is 1. The zero-order chi connectivity index (χ0) is 14.1. The molecule has 1 aliphatic rings. The van der Waals surface area contributed by atoms with Gasteiger partial charge in [0.15, 0.2) is 0 Å². The number of alkyl halides is 3. The van der Waals surface area contributed by atoms with Crippen LogP contribution in [0.2, 0.25) is 0 Å². The van der Waals surface area contributed by atoms with Gasteiger partial charge in [-0.25, -0.2) is 4.31 Å². The lowest BCUT2D eigenvalue weighted by molar-refractivity contribution is -0.138. The van der Waals surface area contributed by atoms with Gasteiger partial charge in [-0.1, -0.05) is 0 Å². The maximum atomic E-state index is 12.2. The van der Waals surface area contributed by atoms with Crippen LogP contribution < -0.4 is 0 Å². The normalized spacial score (nSPS) is 21.5. The molecular formula is C8H12F3NO5S. The molecule has 6 nitrogen and oxygen atoms in total. The Hall–Kier alpha value is -0.870. The molecular weight excluding hydrogens is 279 g/mol. The van der Waals surface area contributed by atoms with Gasteiger partial charge in [0.05, 0.1) is 13.2 Å². The first-order chi connectivity index (χ1) is 8.07. The van der Waals surface area contributed by atoms with E-state index in [0.717, 1.165) is 0 Å². The summed E-state index contributed by atoms with van der Waals surface area (Å²) in [6, 6.07) is 0. The number of rotatable bonds is 5. The van der Waals surface area contributed by atoms with Crippen molar-refractivity contribution in [2.24, 2.45) is 0 Å². The second-order valence-corrected chi connectivity index (χ2v) is 5.65. The van der Waals surface area contributed by atoms with Crippen molar-refractivity contribution in [2.75, 3.05) is 20.3 Å². The first-order valence-electron chi connectivity index (χ1n) is 4.89. The quantitative estimate of drug-likeness (QED) is 0.671. The van der Waals surface area contributed by atoms with Crippen LogP contribution in [0.15, 0.2) is 0 Å². The van der Waals surface area contributed by atoms with Crippen molar-refractivity contribution in [2.45, 2.75) is 24.6 Å². The fourth-order valence-corrected chi connectivity index (χ4v) is 1.71. The van der Waals surface area contributed by atoms with Crippen molar-refractivity contribution in [1.82, 2.24) is 4.31 Å². The van der Waals surface area contributed by atoms with Crippen LogP contribution in [0, 0.1) is 0 Å². The fourth-order valence-electron chi connectivity index (χ4n) is 1.02. The summed E-state index contributed by atoms with van der Waals surface area (Å²) in [6.45, 7) is 1.66. The van der Waals surface area contributed by atoms with Crippen molar-refractivity contribution in [1.29, 1.82) is 0 Å². The van der Waals surface area contributed by atoms with Crippen LogP contribution in [0.3, 0.4) is 0 Å². The minimum atomic E-state index is -5.67. The van der Waals surface area contributed by atoms with Gasteiger partial charge in [0.1, 0.15) is 12.2 Å². The maximum absolute atomic E-state index is 12.2. The summed E-state index contributed by atoms with van der Waals surface area (Å²) < 4.78 is 67.8. The van der Waals surface area contributed by atoms with Crippen LogP contribution in [-0.2, 0) is 24.3 Å². The van der Waals surface area contributed by atoms with Gasteiger partial charge in [0.2, 0.25) is 0 Å². The molecule has 1 aliphatic heterocycles. The number of epoxide rings is 1. The first kappa shape index (κ1) is 15.2. The number of sulfonamides is 1. The SMILES string of the molecule is CC(OCC1CO1)C(=O)N(C)S(=O)(=O)C(F)(F)F. The van der Waals surface area contributed by atoms with Gasteiger partial charge in [-0.15, -0.1) is 0 Å². The van der Waals surface area contributed by atoms with Crippen molar-refractivity contribution >= 4 is 15.9 Å². The zero-order valence-corrected chi connectivity index (χ0v) is 10.4. The number of carbonyl (C=O) groups is 1. The minimum absolute atomic E-state index is 0.0345. The Kier molecular flexibility index (Phi) is 4.23. The Labute approximate surface area is 102 Å². The Morgan fingerprint density at radius 2 is 2.06 bits per heavy atom. The second kappa shape index (κ2) is 5.02. The molecule has 2 atom stereocenters. The lowest BCUT2D eigenvalue weighted by Gasteiger charge is -2.22. The summed E-state index contributed by atoms with van der Waals surface area (Å²) in [7, 11) is -5.13. The van der Waals surface area contributed by atoms with E-state index in [9.17, 15) is 26.4 Å². The fraction of sp³-hybridized carbons (Fsp3) is 0.875. The van der Waals surface area contributed by atoms with Crippen molar-refractivity contribution in [3.8, 4) is 0 Å². The van der Waals surface area contributed by atoms with Crippen molar-refractivity contribution in [3.05, 3.63) is 0 Å². The molecule has 0 saturated carbocycles. The predicted molar refractivity (Wildman–Crippen MR) is 52.9 cm³/mol. The minimum Gasteiger partial charge on any atom is -0.371 e. The third-order valence-corrected chi connectivity index (χ3v) is 3.73. The number of nitrogens with zero attached hydrogens (tertiary/aromatic N) is 1. The molecule has 0 aromatic heterocycles. The monoisotopic (exact) mass is 291 g/mol. The second-order valence-electron chi connectivity index (χ2n) is 3.69. The molecule has 0 N–H and O–H groups in total. The average Bonchev–Trinajstić information content (AvgIpc) is 3.05. The standard InChI is InChI=1S/C8H12F3NO5S/c1-5(16-3-6-4-17-6)7(13)12(2)18(14,15)8(9,10)11/h5-6H,3-4H2,1-2H3. The highest BCUT2D eigenvalue weighted by Gasteiger charge is 2.51. The van der Waals surface area contributed by atoms with Gasteiger partial charge in [-0.2, -0.15) is 21.6 Å². The molecule has 0 spiro atoms.